The second-order valence-corrected chi connectivity index (χ2v) is 7.49. The molecule has 0 saturated heterocycles. The molecule has 6 heteroatoms. The van der Waals surface area contributed by atoms with Gasteiger partial charge in [0.15, 0.2) is 11.0 Å². The lowest BCUT2D eigenvalue weighted by Gasteiger charge is -2.17. The molecule has 3 rings (SSSR count). The van der Waals surface area contributed by atoms with Gasteiger partial charge in [0.25, 0.3) is 0 Å². The second kappa shape index (κ2) is 9.06. The third kappa shape index (κ3) is 4.34. The Kier molecular flexibility index (Phi) is 6.53. The van der Waals surface area contributed by atoms with Crippen LogP contribution in [0.1, 0.15) is 25.3 Å². The Morgan fingerprint density at radius 2 is 1.74 bits per heavy atom. The van der Waals surface area contributed by atoms with Crippen molar-refractivity contribution >= 4 is 11.8 Å². The molecule has 0 fully saturated rings. The fourth-order valence-electron chi connectivity index (χ4n) is 2.90. The lowest BCUT2D eigenvalue weighted by atomic mass is 10.0. The fourth-order valence-corrected chi connectivity index (χ4v) is 3.75. The fraction of sp³-hybridized carbons (Fsp3) is 0.333. The van der Waals surface area contributed by atoms with Crippen molar-refractivity contribution in [3.63, 3.8) is 0 Å². The van der Waals surface area contributed by atoms with Gasteiger partial charge in [-0.25, -0.2) is 0 Å². The summed E-state index contributed by atoms with van der Waals surface area (Å²) in [6.45, 7) is 5.07. The van der Waals surface area contributed by atoms with Crippen LogP contribution in [0.5, 0.6) is 5.75 Å². The van der Waals surface area contributed by atoms with Crippen LogP contribution in [0.3, 0.4) is 0 Å². The summed E-state index contributed by atoms with van der Waals surface area (Å²) >= 11 is 1.65. The molecule has 0 aliphatic heterocycles. The van der Waals surface area contributed by atoms with Crippen molar-refractivity contribution in [1.82, 2.24) is 14.8 Å². The number of rotatable bonds is 8. The van der Waals surface area contributed by atoms with Gasteiger partial charge in [-0.05, 0) is 41.8 Å². The highest BCUT2D eigenvalue weighted by atomic mass is 32.2. The van der Waals surface area contributed by atoms with Gasteiger partial charge in [0.2, 0.25) is 0 Å². The highest BCUT2D eigenvalue weighted by molar-refractivity contribution is 7.99. The molecule has 27 heavy (non-hydrogen) atoms. The Bertz CT molecular complexity index is 875. The zero-order valence-electron chi connectivity index (χ0n) is 16.2. The number of para-hydroxylation sites is 1. The molecule has 5 nitrogen and oxygen atoms in total. The Morgan fingerprint density at radius 1 is 1.00 bits per heavy atom. The standard InChI is InChI=1S/C21H25N3O2S/c1-15(2)18-7-5-6-8-19(18)24-20(16-9-11-17(26-4)12-10-16)22-23-21(24)27-14-13-25-3/h5-12,15H,13-14H2,1-4H3. The molecule has 0 aliphatic rings. The molecule has 0 radical (unpaired) electrons. The molecule has 1 heterocycles. The Labute approximate surface area is 164 Å². The molecule has 142 valence electrons. The van der Waals surface area contributed by atoms with Crippen LogP contribution in [-0.4, -0.2) is 41.3 Å². The first kappa shape index (κ1) is 19.5. The van der Waals surface area contributed by atoms with Crippen molar-refractivity contribution < 1.29 is 9.47 Å². The highest BCUT2D eigenvalue weighted by Gasteiger charge is 2.19. The zero-order valence-corrected chi connectivity index (χ0v) is 17.0. The summed E-state index contributed by atoms with van der Waals surface area (Å²) in [6, 6.07) is 16.4. The minimum atomic E-state index is 0.393. The van der Waals surface area contributed by atoms with E-state index in [2.05, 4.69) is 52.9 Å². The zero-order chi connectivity index (χ0) is 19.2. The SMILES string of the molecule is COCCSc1nnc(-c2ccc(OC)cc2)n1-c1ccccc1C(C)C. The molecule has 0 saturated carbocycles. The molecule has 0 spiro atoms. The van der Waals surface area contributed by atoms with Crippen LogP contribution in [-0.2, 0) is 4.74 Å². The monoisotopic (exact) mass is 383 g/mol. The maximum absolute atomic E-state index is 5.28. The van der Waals surface area contributed by atoms with E-state index in [1.54, 1.807) is 26.0 Å². The first-order valence-electron chi connectivity index (χ1n) is 8.96. The molecule has 0 N–H and O–H groups in total. The minimum Gasteiger partial charge on any atom is -0.497 e. The summed E-state index contributed by atoms with van der Waals surface area (Å²) in [4.78, 5) is 0. The molecular weight excluding hydrogens is 358 g/mol. The molecule has 0 amide bonds. The number of ether oxygens (including phenoxy) is 2. The number of thioether (sulfide) groups is 1. The van der Waals surface area contributed by atoms with Crippen molar-refractivity contribution in [2.45, 2.75) is 24.9 Å². The maximum Gasteiger partial charge on any atom is 0.196 e. The van der Waals surface area contributed by atoms with Crippen LogP contribution in [0.4, 0.5) is 0 Å². The molecule has 0 unspecified atom stereocenters. The van der Waals surface area contributed by atoms with Crippen LogP contribution in [0.15, 0.2) is 53.7 Å². The van der Waals surface area contributed by atoms with Crippen LogP contribution >= 0.6 is 11.8 Å². The van der Waals surface area contributed by atoms with Crippen LogP contribution in [0.2, 0.25) is 0 Å². The number of hydrogen-bond donors (Lipinski definition) is 0. The van der Waals surface area contributed by atoms with E-state index >= 15 is 0 Å². The quantitative estimate of drug-likeness (QED) is 0.413. The topological polar surface area (TPSA) is 49.2 Å². The van der Waals surface area contributed by atoms with Crippen molar-refractivity contribution in [3.8, 4) is 22.8 Å². The van der Waals surface area contributed by atoms with Gasteiger partial charge in [0.05, 0.1) is 19.4 Å². The summed E-state index contributed by atoms with van der Waals surface area (Å²) in [6.07, 6.45) is 0. The summed E-state index contributed by atoms with van der Waals surface area (Å²) in [5.41, 5.74) is 3.38. The van der Waals surface area contributed by atoms with Gasteiger partial charge < -0.3 is 9.47 Å². The Balaban J connectivity index is 2.12. The largest absolute Gasteiger partial charge is 0.497 e. The summed E-state index contributed by atoms with van der Waals surface area (Å²) < 4.78 is 12.6. The third-order valence-corrected chi connectivity index (χ3v) is 5.19. The number of aromatic nitrogens is 3. The number of benzene rings is 2. The van der Waals surface area contributed by atoms with Crippen molar-refractivity contribution in [2.24, 2.45) is 0 Å². The Hall–Kier alpha value is -2.31. The minimum absolute atomic E-state index is 0.393. The molecule has 0 bridgehead atoms. The third-order valence-electron chi connectivity index (χ3n) is 4.30. The van der Waals surface area contributed by atoms with Crippen molar-refractivity contribution in [3.05, 3.63) is 54.1 Å². The summed E-state index contributed by atoms with van der Waals surface area (Å²) in [5, 5.41) is 9.85. The van der Waals surface area contributed by atoms with Crippen molar-refractivity contribution in [2.75, 3.05) is 26.6 Å². The summed E-state index contributed by atoms with van der Waals surface area (Å²) in [7, 11) is 3.38. The molecule has 1 aromatic heterocycles. The lowest BCUT2D eigenvalue weighted by Crippen LogP contribution is -2.05. The van der Waals surface area contributed by atoms with Gasteiger partial charge in [0, 0.05) is 18.4 Å². The summed E-state index contributed by atoms with van der Waals surface area (Å²) in [5.74, 6) is 2.86. The average Bonchev–Trinajstić information content (AvgIpc) is 3.12. The molecule has 0 aliphatic carbocycles. The van der Waals surface area contributed by atoms with E-state index in [0.717, 1.165) is 33.7 Å². The van der Waals surface area contributed by atoms with E-state index in [0.29, 0.717) is 12.5 Å². The highest BCUT2D eigenvalue weighted by Crippen LogP contribution is 2.32. The van der Waals surface area contributed by atoms with Crippen LogP contribution in [0.25, 0.3) is 17.1 Å². The van der Waals surface area contributed by atoms with E-state index in [4.69, 9.17) is 9.47 Å². The van der Waals surface area contributed by atoms with Crippen LogP contribution < -0.4 is 4.74 Å². The normalized spacial score (nSPS) is 11.1. The van der Waals surface area contributed by atoms with Gasteiger partial charge in [0.1, 0.15) is 5.75 Å². The number of hydrogen-bond acceptors (Lipinski definition) is 5. The van der Waals surface area contributed by atoms with E-state index in [1.807, 2.05) is 24.3 Å². The average molecular weight is 384 g/mol. The predicted molar refractivity (Wildman–Crippen MR) is 110 cm³/mol. The van der Waals surface area contributed by atoms with Crippen LogP contribution in [0, 0.1) is 0 Å². The van der Waals surface area contributed by atoms with Crippen molar-refractivity contribution in [1.29, 1.82) is 0 Å². The smallest absolute Gasteiger partial charge is 0.196 e. The first-order valence-corrected chi connectivity index (χ1v) is 9.95. The van der Waals surface area contributed by atoms with Gasteiger partial charge in [-0.2, -0.15) is 0 Å². The molecular formula is C21H25N3O2S. The predicted octanol–water partition coefficient (Wildman–Crippen LogP) is 4.80. The number of nitrogens with zero attached hydrogens (tertiary/aromatic N) is 3. The van der Waals surface area contributed by atoms with E-state index in [1.165, 1.54) is 5.56 Å². The van der Waals surface area contributed by atoms with E-state index in [9.17, 15) is 0 Å². The molecule has 0 atom stereocenters. The first-order chi connectivity index (χ1) is 13.2. The maximum atomic E-state index is 5.28. The van der Waals surface area contributed by atoms with Gasteiger partial charge in [-0.15, -0.1) is 10.2 Å². The van der Waals surface area contributed by atoms with E-state index < -0.39 is 0 Å². The number of methoxy groups -OCH3 is 2. The molecule has 3 aromatic rings. The van der Waals surface area contributed by atoms with Gasteiger partial charge >= 0.3 is 0 Å². The Morgan fingerprint density at radius 3 is 2.41 bits per heavy atom. The molecule has 2 aromatic carbocycles. The lowest BCUT2D eigenvalue weighted by molar-refractivity contribution is 0.218. The van der Waals surface area contributed by atoms with E-state index in [-0.39, 0.29) is 0 Å². The van der Waals surface area contributed by atoms with Gasteiger partial charge in [-0.3, -0.25) is 4.57 Å². The van der Waals surface area contributed by atoms with Gasteiger partial charge in [-0.1, -0.05) is 43.8 Å². The second-order valence-electron chi connectivity index (χ2n) is 6.42.